The quantitative estimate of drug-likeness (QED) is 0.128. The lowest BCUT2D eigenvalue weighted by atomic mass is 10.1. The number of hydrogen-bond acceptors (Lipinski definition) is 4. The zero-order chi connectivity index (χ0) is 26.9. The lowest BCUT2D eigenvalue weighted by Gasteiger charge is -2.10. The summed E-state index contributed by atoms with van der Waals surface area (Å²) in [5, 5.41) is 10.2. The zero-order valence-corrected chi connectivity index (χ0v) is 21.5. The van der Waals surface area contributed by atoms with Crippen LogP contribution in [0.2, 0.25) is 10.0 Å². The first-order valence-electron chi connectivity index (χ1n) is 11.0. The van der Waals surface area contributed by atoms with E-state index in [0.29, 0.717) is 21.4 Å². The van der Waals surface area contributed by atoms with E-state index in [1.54, 1.807) is 47.4 Å². The molecule has 5 aromatic rings. The van der Waals surface area contributed by atoms with Gasteiger partial charge in [0, 0.05) is 16.1 Å². The number of fused-ring (bicyclic) bond motifs is 3. The average Bonchev–Trinajstić information content (AvgIpc) is 3.30. The average molecular weight is 574 g/mol. The molecule has 2 N–H and O–H groups in total. The third-order valence-electron chi connectivity index (χ3n) is 5.46. The molecule has 0 atom stereocenters. The van der Waals surface area contributed by atoms with Crippen molar-refractivity contribution in [1.82, 2.24) is 15.0 Å². The smallest absolute Gasteiger partial charge is 0.406 e. The summed E-state index contributed by atoms with van der Waals surface area (Å²) < 4.78 is 43.1. The molecule has 0 spiro atoms. The zero-order valence-electron chi connectivity index (χ0n) is 19.1. The molecule has 0 bridgehead atoms. The van der Waals surface area contributed by atoms with Crippen LogP contribution in [0.5, 0.6) is 5.75 Å². The number of imidazole rings is 1. The number of hydrazone groups is 1. The SMILES string of the molecule is FC(F)(F)Oc1ccc(-n2cnc3c4ccc(C=NNC(=S)Nc5ccc(Cl)cc5Cl)cc4ccc32)cc1. The molecule has 38 heavy (non-hydrogen) atoms. The van der Waals surface area contributed by atoms with Crippen LogP contribution in [0.4, 0.5) is 18.9 Å². The van der Waals surface area contributed by atoms with Crippen LogP contribution in [-0.2, 0) is 0 Å². The summed E-state index contributed by atoms with van der Waals surface area (Å²) in [6, 6.07) is 20.2. The van der Waals surface area contributed by atoms with E-state index >= 15 is 0 Å². The van der Waals surface area contributed by atoms with Gasteiger partial charge in [0.15, 0.2) is 5.11 Å². The van der Waals surface area contributed by atoms with Crippen LogP contribution in [0.1, 0.15) is 5.56 Å². The molecule has 0 saturated heterocycles. The standard InChI is InChI=1S/C26H16Cl2F3N5OS/c27-17-3-9-22(21(28)12-17)34-25(38)35-33-13-15-1-8-20-16(11-15)2-10-23-24(20)32-14-36(23)18-4-6-19(7-5-18)37-26(29,30)31/h1-14H,(H2,34,35,38). The van der Waals surface area contributed by atoms with Gasteiger partial charge in [-0.25, -0.2) is 4.98 Å². The number of halogens is 5. The number of nitrogens with zero attached hydrogens (tertiary/aromatic N) is 3. The first-order chi connectivity index (χ1) is 18.2. The van der Waals surface area contributed by atoms with E-state index in [9.17, 15) is 13.2 Å². The largest absolute Gasteiger partial charge is 0.573 e. The molecule has 0 saturated carbocycles. The van der Waals surface area contributed by atoms with Crippen LogP contribution in [0.3, 0.4) is 0 Å². The lowest BCUT2D eigenvalue weighted by molar-refractivity contribution is -0.274. The van der Waals surface area contributed by atoms with Crippen LogP contribution in [0, 0.1) is 0 Å². The lowest BCUT2D eigenvalue weighted by Crippen LogP contribution is -2.24. The van der Waals surface area contributed by atoms with E-state index in [1.165, 1.54) is 12.1 Å². The summed E-state index contributed by atoms with van der Waals surface area (Å²) in [6.07, 6.45) is -1.48. The van der Waals surface area contributed by atoms with Gasteiger partial charge in [0.05, 0.1) is 28.0 Å². The molecule has 0 aliphatic rings. The van der Waals surface area contributed by atoms with Crippen molar-refractivity contribution in [2.75, 3.05) is 5.32 Å². The summed E-state index contributed by atoms with van der Waals surface area (Å²) in [5.74, 6) is -0.287. The number of hydrogen-bond donors (Lipinski definition) is 2. The molecule has 0 unspecified atom stereocenters. The predicted octanol–water partition coefficient (Wildman–Crippen LogP) is 7.70. The minimum absolute atomic E-state index is 0.261. The van der Waals surface area contributed by atoms with Gasteiger partial charge in [0.1, 0.15) is 12.1 Å². The van der Waals surface area contributed by atoms with Gasteiger partial charge in [0.2, 0.25) is 0 Å². The van der Waals surface area contributed by atoms with Crippen LogP contribution < -0.4 is 15.5 Å². The second-order valence-corrected chi connectivity index (χ2v) is 9.27. The molecule has 12 heteroatoms. The number of rotatable bonds is 5. The Morgan fingerprint density at radius 3 is 2.53 bits per heavy atom. The second-order valence-electron chi connectivity index (χ2n) is 8.02. The monoisotopic (exact) mass is 573 g/mol. The number of nitrogens with one attached hydrogen (secondary N) is 2. The normalized spacial score (nSPS) is 11.8. The molecule has 0 aliphatic carbocycles. The van der Waals surface area contributed by atoms with E-state index in [1.807, 2.05) is 30.3 Å². The topological polar surface area (TPSA) is 63.5 Å². The maximum atomic E-state index is 12.4. The Hall–Kier alpha value is -3.86. The van der Waals surface area contributed by atoms with Crippen LogP contribution in [0.15, 0.2) is 84.2 Å². The van der Waals surface area contributed by atoms with Gasteiger partial charge < -0.3 is 10.1 Å². The summed E-state index contributed by atoms with van der Waals surface area (Å²) in [5.41, 5.74) is 6.39. The van der Waals surface area contributed by atoms with E-state index < -0.39 is 6.36 Å². The van der Waals surface area contributed by atoms with E-state index in [0.717, 1.165) is 27.4 Å². The molecule has 0 fully saturated rings. The number of benzene rings is 4. The number of anilines is 1. The molecular formula is C26H16Cl2F3N5OS. The van der Waals surface area contributed by atoms with Crippen molar-refractivity contribution in [3.8, 4) is 11.4 Å². The van der Waals surface area contributed by atoms with Crippen LogP contribution >= 0.6 is 35.4 Å². The second kappa shape index (κ2) is 10.5. The Morgan fingerprint density at radius 1 is 1.00 bits per heavy atom. The minimum atomic E-state index is -4.74. The van der Waals surface area contributed by atoms with Gasteiger partial charge >= 0.3 is 6.36 Å². The van der Waals surface area contributed by atoms with Gasteiger partial charge in [-0.1, -0.05) is 41.4 Å². The van der Waals surface area contributed by atoms with Crippen molar-refractivity contribution in [2.24, 2.45) is 5.10 Å². The number of thiocarbonyl (C=S) groups is 1. The highest BCUT2D eigenvalue weighted by atomic mass is 35.5. The van der Waals surface area contributed by atoms with E-state index in [-0.39, 0.29) is 10.9 Å². The Labute approximate surface area is 229 Å². The fourth-order valence-corrected chi connectivity index (χ4v) is 4.45. The van der Waals surface area contributed by atoms with Gasteiger partial charge in [0.25, 0.3) is 0 Å². The molecule has 1 aromatic heterocycles. The molecule has 0 amide bonds. The summed E-state index contributed by atoms with van der Waals surface area (Å²) >= 11 is 17.3. The van der Waals surface area contributed by atoms with Crippen molar-refractivity contribution >= 4 is 74.2 Å². The van der Waals surface area contributed by atoms with Gasteiger partial charge in [-0.05, 0) is 77.8 Å². The molecule has 192 valence electrons. The third-order valence-corrected chi connectivity index (χ3v) is 6.20. The van der Waals surface area contributed by atoms with Gasteiger partial charge in [-0.2, -0.15) is 5.10 Å². The Morgan fingerprint density at radius 2 is 1.79 bits per heavy atom. The molecule has 1 heterocycles. The highest BCUT2D eigenvalue weighted by Gasteiger charge is 2.31. The fraction of sp³-hybridized carbons (Fsp3) is 0.0385. The third kappa shape index (κ3) is 5.83. The maximum absolute atomic E-state index is 12.4. The molecule has 6 nitrogen and oxygen atoms in total. The number of ether oxygens (including phenoxy) is 1. The van der Waals surface area contributed by atoms with E-state index in [2.05, 4.69) is 25.6 Å². The fourth-order valence-electron chi connectivity index (χ4n) is 3.83. The first-order valence-corrected chi connectivity index (χ1v) is 12.1. The van der Waals surface area contributed by atoms with Crippen molar-refractivity contribution in [3.05, 3.63) is 94.7 Å². The van der Waals surface area contributed by atoms with Crippen molar-refractivity contribution < 1.29 is 17.9 Å². The summed E-state index contributed by atoms with van der Waals surface area (Å²) in [7, 11) is 0. The Balaban J connectivity index is 1.31. The molecule has 4 aromatic carbocycles. The van der Waals surface area contributed by atoms with E-state index in [4.69, 9.17) is 35.4 Å². The maximum Gasteiger partial charge on any atom is 0.573 e. The molecule has 0 aliphatic heterocycles. The van der Waals surface area contributed by atoms with Gasteiger partial charge in [-0.3, -0.25) is 9.99 Å². The summed E-state index contributed by atoms with van der Waals surface area (Å²) in [6.45, 7) is 0. The highest BCUT2D eigenvalue weighted by Crippen LogP contribution is 2.29. The van der Waals surface area contributed by atoms with Crippen molar-refractivity contribution in [1.29, 1.82) is 0 Å². The summed E-state index contributed by atoms with van der Waals surface area (Å²) in [4.78, 5) is 4.53. The van der Waals surface area contributed by atoms with Crippen LogP contribution in [-0.4, -0.2) is 27.2 Å². The van der Waals surface area contributed by atoms with Crippen LogP contribution in [0.25, 0.3) is 27.5 Å². The number of aromatic nitrogens is 2. The minimum Gasteiger partial charge on any atom is -0.406 e. The van der Waals surface area contributed by atoms with Crippen molar-refractivity contribution in [2.45, 2.75) is 6.36 Å². The molecular weight excluding hydrogens is 558 g/mol. The Bertz CT molecular complexity index is 1690. The first kappa shape index (κ1) is 25.8. The highest BCUT2D eigenvalue weighted by molar-refractivity contribution is 7.80. The number of alkyl halides is 3. The Kier molecular flexibility index (Phi) is 7.11. The van der Waals surface area contributed by atoms with Gasteiger partial charge in [-0.15, -0.1) is 13.2 Å². The predicted molar refractivity (Wildman–Crippen MR) is 149 cm³/mol. The molecule has 0 radical (unpaired) electrons. The van der Waals surface area contributed by atoms with Crippen molar-refractivity contribution in [3.63, 3.8) is 0 Å². The molecule has 5 rings (SSSR count).